The highest BCUT2D eigenvalue weighted by molar-refractivity contribution is 7.89. The molecule has 1 aliphatic rings. The van der Waals surface area contributed by atoms with E-state index in [4.69, 9.17) is 5.26 Å². The van der Waals surface area contributed by atoms with Crippen LogP contribution in [-0.2, 0) is 29.4 Å². The van der Waals surface area contributed by atoms with Gasteiger partial charge in [-0.3, -0.25) is 0 Å². The fourth-order valence-corrected chi connectivity index (χ4v) is 5.29. The Morgan fingerprint density at radius 2 is 1.93 bits per heavy atom. The molecule has 4 rings (SSSR count). The van der Waals surface area contributed by atoms with E-state index in [0.717, 1.165) is 35.0 Å². The van der Waals surface area contributed by atoms with Crippen LogP contribution in [0.5, 0.6) is 0 Å². The third kappa shape index (κ3) is 3.41. The van der Waals surface area contributed by atoms with E-state index in [-0.39, 0.29) is 10.9 Å². The number of para-hydroxylation sites is 1. The molecule has 0 aliphatic heterocycles. The zero-order chi connectivity index (χ0) is 19.7. The van der Waals surface area contributed by atoms with Crippen molar-refractivity contribution in [3.63, 3.8) is 0 Å². The molecule has 5 nitrogen and oxygen atoms in total. The molecule has 0 unspecified atom stereocenters. The zero-order valence-corrected chi connectivity index (χ0v) is 16.0. The lowest BCUT2D eigenvalue weighted by molar-refractivity contribution is 0.496. The number of aromatic nitrogens is 1. The van der Waals surface area contributed by atoms with Crippen molar-refractivity contribution < 1.29 is 12.8 Å². The van der Waals surface area contributed by atoms with E-state index in [1.165, 1.54) is 17.8 Å². The number of benzene rings is 2. The molecule has 7 heteroatoms. The van der Waals surface area contributed by atoms with Gasteiger partial charge in [-0.15, -0.1) is 0 Å². The van der Waals surface area contributed by atoms with Crippen molar-refractivity contribution in [1.82, 2.24) is 9.29 Å². The van der Waals surface area contributed by atoms with Crippen LogP contribution >= 0.6 is 0 Å². The van der Waals surface area contributed by atoms with Crippen LogP contribution in [0, 0.1) is 17.1 Å². The van der Waals surface area contributed by atoms with Crippen molar-refractivity contribution in [2.45, 2.75) is 43.2 Å². The van der Waals surface area contributed by atoms with Crippen LogP contribution in [0.25, 0.3) is 10.9 Å². The van der Waals surface area contributed by atoms with Gasteiger partial charge in [-0.2, -0.15) is 5.26 Å². The van der Waals surface area contributed by atoms with E-state index >= 15 is 0 Å². The second-order valence-electron chi connectivity index (χ2n) is 7.02. The first-order chi connectivity index (χ1) is 13.5. The first-order valence-electron chi connectivity index (χ1n) is 9.23. The van der Waals surface area contributed by atoms with Crippen LogP contribution in [0.4, 0.5) is 4.39 Å². The summed E-state index contributed by atoms with van der Waals surface area (Å²) in [6.07, 6.45) is 2.45. The minimum atomic E-state index is -3.71. The molecule has 0 fully saturated rings. The molecule has 3 aromatic rings. The van der Waals surface area contributed by atoms with Crippen LogP contribution < -0.4 is 4.72 Å². The Kier molecular flexibility index (Phi) is 4.92. The monoisotopic (exact) mass is 397 g/mol. The Hall–Kier alpha value is -2.69. The van der Waals surface area contributed by atoms with E-state index < -0.39 is 15.8 Å². The quantitative estimate of drug-likeness (QED) is 0.716. The average Bonchev–Trinajstić information content (AvgIpc) is 2.99. The molecule has 0 amide bonds. The number of nitriles is 1. The van der Waals surface area contributed by atoms with E-state index in [1.54, 1.807) is 0 Å². The van der Waals surface area contributed by atoms with Crippen molar-refractivity contribution in [3.05, 3.63) is 65.6 Å². The summed E-state index contributed by atoms with van der Waals surface area (Å²) in [5.74, 6) is -0.466. The summed E-state index contributed by atoms with van der Waals surface area (Å²) in [6, 6.07) is 14.9. The number of hydrogen-bond acceptors (Lipinski definition) is 3. The fourth-order valence-electron chi connectivity index (χ4n) is 4.02. The van der Waals surface area contributed by atoms with Gasteiger partial charge in [0.15, 0.2) is 0 Å². The van der Waals surface area contributed by atoms with Gasteiger partial charge in [0.1, 0.15) is 5.82 Å². The van der Waals surface area contributed by atoms with Crippen molar-refractivity contribution in [3.8, 4) is 6.07 Å². The van der Waals surface area contributed by atoms with Gasteiger partial charge >= 0.3 is 0 Å². The van der Waals surface area contributed by atoms with E-state index in [9.17, 15) is 12.8 Å². The van der Waals surface area contributed by atoms with Crippen molar-refractivity contribution in [1.29, 1.82) is 5.26 Å². The molecule has 0 spiro atoms. The molecule has 1 N–H and O–H groups in total. The summed E-state index contributed by atoms with van der Waals surface area (Å²) in [5, 5.41) is 10.1. The molecular formula is C21H20FN3O2S. The van der Waals surface area contributed by atoms with Crippen LogP contribution in [-0.4, -0.2) is 19.0 Å². The van der Waals surface area contributed by atoms with Crippen molar-refractivity contribution >= 4 is 20.9 Å². The summed E-state index contributed by atoms with van der Waals surface area (Å²) in [7, 11) is -3.71. The van der Waals surface area contributed by atoms with Gasteiger partial charge in [0.2, 0.25) is 10.0 Å². The first kappa shape index (κ1) is 18.7. The van der Waals surface area contributed by atoms with Crippen LogP contribution in [0.15, 0.2) is 53.4 Å². The Labute approximate surface area is 163 Å². The van der Waals surface area contributed by atoms with Gasteiger partial charge in [-0.1, -0.05) is 18.2 Å². The topological polar surface area (TPSA) is 74.9 Å². The van der Waals surface area contributed by atoms with Gasteiger partial charge in [-0.25, -0.2) is 17.5 Å². The molecule has 28 heavy (non-hydrogen) atoms. The molecule has 0 saturated heterocycles. The molecular weight excluding hydrogens is 377 g/mol. The van der Waals surface area contributed by atoms with Crippen molar-refractivity contribution in [2.24, 2.45) is 0 Å². The Morgan fingerprint density at radius 1 is 1.18 bits per heavy atom. The molecule has 0 radical (unpaired) electrons. The summed E-state index contributed by atoms with van der Waals surface area (Å²) in [4.78, 5) is 0.0659. The smallest absolute Gasteiger partial charge is 0.240 e. The first-order valence-corrected chi connectivity index (χ1v) is 10.7. The van der Waals surface area contributed by atoms with E-state index in [1.807, 2.05) is 24.3 Å². The Bertz CT molecular complexity index is 1160. The Balaban J connectivity index is 1.63. The lowest BCUT2D eigenvalue weighted by atomic mass is 9.92. The maximum absolute atomic E-state index is 13.1. The maximum atomic E-state index is 13.1. The molecule has 144 valence electrons. The van der Waals surface area contributed by atoms with Gasteiger partial charge in [0.05, 0.1) is 17.4 Å². The molecule has 2 aromatic carbocycles. The van der Waals surface area contributed by atoms with E-state index in [2.05, 4.69) is 15.4 Å². The fraction of sp³-hybridized carbons (Fsp3) is 0.286. The molecule has 1 atom stereocenters. The number of hydrogen-bond donors (Lipinski definition) is 1. The third-order valence-corrected chi connectivity index (χ3v) is 6.80. The van der Waals surface area contributed by atoms with Crippen molar-refractivity contribution in [2.75, 3.05) is 0 Å². The minimum Gasteiger partial charge on any atom is -0.343 e. The van der Waals surface area contributed by atoms with Gasteiger partial charge < -0.3 is 4.57 Å². The van der Waals surface area contributed by atoms with Gasteiger partial charge in [0.25, 0.3) is 0 Å². The van der Waals surface area contributed by atoms with Gasteiger partial charge in [0, 0.05) is 29.2 Å². The number of nitrogens with zero attached hydrogens (tertiary/aromatic N) is 2. The largest absolute Gasteiger partial charge is 0.343 e. The van der Waals surface area contributed by atoms with Gasteiger partial charge in [-0.05, 0) is 55.2 Å². The average molecular weight is 397 g/mol. The standard InChI is InChI=1S/C21H20FN3O2S/c22-15-6-9-17(10-7-15)28(26,27)24-16-8-11-21-19(14-16)18-4-1-2-5-20(18)25(21)13-3-12-23/h1-2,4-7,9-10,16,24H,3,8,11,13-14H2/t16-/m1/s1. The number of sulfonamides is 1. The normalized spacial score (nSPS) is 16.6. The number of rotatable bonds is 5. The highest BCUT2D eigenvalue weighted by atomic mass is 32.2. The van der Waals surface area contributed by atoms with Crippen LogP contribution in [0.1, 0.15) is 24.1 Å². The molecule has 0 bridgehead atoms. The second-order valence-corrected chi connectivity index (χ2v) is 8.73. The maximum Gasteiger partial charge on any atom is 0.240 e. The summed E-state index contributed by atoms with van der Waals surface area (Å²) < 4.78 is 43.4. The van der Waals surface area contributed by atoms with Crippen LogP contribution in [0.2, 0.25) is 0 Å². The number of aryl methyl sites for hydroxylation is 1. The summed E-state index contributed by atoms with van der Waals surface area (Å²) in [6.45, 7) is 0.637. The number of halogens is 1. The zero-order valence-electron chi connectivity index (χ0n) is 15.2. The SMILES string of the molecule is N#CCCn1c2c(c3ccccc31)C[C@H](NS(=O)(=O)c1ccc(F)cc1)CC2. The highest BCUT2D eigenvalue weighted by Gasteiger charge is 2.28. The Morgan fingerprint density at radius 3 is 2.68 bits per heavy atom. The molecule has 0 saturated carbocycles. The van der Waals surface area contributed by atoms with Crippen LogP contribution in [0.3, 0.4) is 0 Å². The highest BCUT2D eigenvalue weighted by Crippen LogP contribution is 2.33. The predicted molar refractivity (Wildman–Crippen MR) is 105 cm³/mol. The molecule has 1 heterocycles. The molecule has 1 aliphatic carbocycles. The summed E-state index contributed by atoms with van der Waals surface area (Å²) >= 11 is 0. The lowest BCUT2D eigenvalue weighted by Gasteiger charge is -2.25. The molecule has 1 aromatic heterocycles. The van der Waals surface area contributed by atoms with E-state index in [0.29, 0.717) is 25.8 Å². The second kappa shape index (κ2) is 7.38. The predicted octanol–water partition coefficient (Wildman–Crippen LogP) is 3.53. The number of fused-ring (bicyclic) bond motifs is 3. The summed E-state index contributed by atoms with van der Waals surface area (Å²) in [5.41, 5.74) is 3.42. The third-order valence-electron chi connectivity index (χ3n) is 5.27. The minimum absolute atomic E-state index is 0.0659. The number of nitrogens with one attached hydrogen (secondary N) is 1. The lowest BCUT2D eigenvalue weighted by Crippen LogP contribution is -2.39.